The number of halogens is 1. The maximum atomic E-state index is 13.1. The van der Waals surface area contributed by atoms with Gasteiger partial charge in [0.15, 0.2) is 0 Å². The van der Waals surface area contributed by atoms with Crippen LogP contribution in [0, 0.1) is 5.92 Å². The van der Waals surface area contributed by atoms with Gasteiger partial charge in [-0.3, -0.25) is 4.79 Å². The molecule has 1 saturated heterocycles. The molecule has 2 fully saturated rings. The molecule has 1 amide bonds. The predicted molar refractivity (Wildman–Crippen MR) is 89.6 cm³/mol. The molecule has 0 bridgehead atoms. The number of nitrogens with two attached hydrogens (primary N) is 1. The average Bonchev–Trinajstić information content (AvgIpc) is 2.85. The van der Waals surface area contributed by atoms with Crippen molar-refractivity contribution in [2.75, 3.05) is 18.8 Å². The van der Waals surface area contributed by atoms with Crippen LogP contribution < -0.4 is 5.14 Å². The normalized spacial score (nSPS) is 23.6. The summed E-state index contributed by atoms with van der Waals surface area (Å²) >= 11 is 5.95. The van der Waals surface area contributed by atoms with Gasteiger partial charge in [0.2, 0.25) is 15.9 Å². The summed E-state index contributed by atoms with van der Waals surface area (Å²) in [5, 5.41) is 5.78. The lowest BCUT2D eigenvalue weighted by Gasteiger charge is -2.43. The van der Waals surface area contributed by atoms with E-state index >= 15 is 0 Å². The lowest BCUT2D eigenvalue weighted by molar-refractivity contribution is -0.140. The molecule has 2 N–H and O–H groups in total. The summed E-state index contributed by atoms with van der Waals surface area (Å²) in [4.78, 5) is 14.9. The zero-order valence-corrected chi connectivity index (χ0v) is 14.4. The number of sulfonamides is 1. The molecule has 1 aromatic carbocycles. The minimum absolute atomic E-state index is 0.0509. The van der Waals surface area contributed by atoms with Crippen molar-refractivity contribution in [1.82, 2.24) is 4.90 Å². The van der Waals surface area contributed by atoms with Gasteiger partial charge in [0.1, 0.15) is 0 Å². The molecule has 126 valence electrons. The van der Waals surface area contributed by atoms with Crippen LogP contribution in [0.2, 0.25) is 5.02 Å². The fourth-order valence-corrected chi connectivity index (χ4v) is 4.76. The number of likely N-dealkylation sites (tertiary alicyclic amines) is 1. The van der Waals surface area contributed by atoms with Crippen molar-refractivity contribution < 1.29 is 13.2 Å². The van der Waals surface area contributed by atoms with Crippen molar-refractivity contribution in [3.8, 4) is 0 Å². The van der Waals surface area contributed by atoms with Gasteiger partial charge in [-0.2, -0.15) is 0 Å². The second-order valence-electron chi connectivity index (χ2n) is 6.68. The summed E-state index contributed by atoms with van der Waals surface area (Å²) in [6.45, 7) is 1.08. The molecule has 0 radical (unpaired) electrons. The molecule has 7 heteroatoms. The number of nitrogens with zero attached hydrogens (tertiary/aromatic N) is 1. The molecule has 0 unspecified atom stereocenters. The summed E-state index contributed by atoms with van der Waals surface area (Å²) in [5.74, 6) is 0.00403. The first-order valence-corrected chi connectivity index (χ1v) is 9.95. The molecule has 2 aliphatic rings. The lowest BCUT2D eigenvalue weighted by Crippen LogP contribution is -2.50. The number of hydrogen-bond acceptors (Lipinski definition) is 3. The maximum Gasteiger partial charge on any atom is 0.233 e. The Kier molecular flexibility index (Phi) is 4.42. The molecule has 0 aromatic heterocycles. The first-order chi connectivity index (χ1) is 10.8. The molecule has 1 atom stereocenters. The van der Waals surface area contributed by atoms with Gasteiger partial charge in [0.25, 0.3) is 0 Å². The van der Waals surface area contributed by atoms with Crippen LogP contribution >= 0.6 is 11.6 Å². The second kappa shape index (κ2) is 6.07. The zero-order chi connectivity index (χ0) is 16.7. The summed E-state index contributed by atoms with van der Waals surface area (Å²) < 4.78 is 22.5. The first kappa shape index (κ1) is 16.7. The Morgan fingerprint density at radius 1 is 1.30 bits per heavy atom. The molecular weight excluding hydrogens is 336 g/mol. The zero-order valence-electron chi connectivity index (χ0n) is 12.9. The summed E-state index contributed by atoms with van der Waals surface area (Å²) in [5.41, 5.74) is 0.550. The van der Waals surface area contributed by atoms with Crippen LogP contribution in [0.25, 0.3) is 0 Å². The largest absolute Gasteiger partial charge is 0.342 e. The highest BCUT2D eigenvalue weighted by atomic mass is 35.5. The van der Waals surface area contributed by atoms with E-state index in [4.69, 9.17) is 16.7 Å². The van der Waals surface area contributed by atoms with Crippen molar-refractivity contribution in [3.63, 3.8) is 0 Å². The SMILES string of the molecule is NS(=O)(=O)C[C@H]1CCN(C(=O)C2(c3ccc(Cl)cc3)CCC2)C1. The number of benzene rings is 1. The Morgan fingerprint density at radius 2 is 1.96 bits per heavy atom. The standard InChI is InChI=1S/C16H21ClN2O3S/c17-14-4-2-13(3-5-14)16(7-1-8-16)15(20)19-9-6-12(10-19)11-23(18,21)22/h2-5,12H,1,6-11H2,(H2,18,21,22)/t12-/m0/s1. The van der Waals surface area contributed by atoms with Crippen LogP contribution in [0.3, 0.4) is 0 Å². The van der Waals surface area contributed by atoms with Gasteiger partial charge in [-0.1, -0.05) is 30.2 Å². The van der Waals surface area contributed by atoms with Gasteiger partial charge < -0.3 is 4.90 Å². The highest BCUT2D eigenvalue weighted by molar-refractivity contribution is 7.89. The number of hydrogen-bond donors (Lipinski definition) is 1. The summed E-state index contributed by atoms with van der Waals surface area (Å²) in [7, 11) is -3.49. The van der Waals surface area contributed by atoms with Gasteiger partial charge in [-0.15, -0.1) is 0 Å². The molecule has 1 aromatic rings. The van der Waals surface area contributed by atoms with Gasteiger partial charge in [-0.05, 0) is 42.9 Å². The molecule has 1 aliphatic heterocycles. The van der Waals surface area contributed by atoms with E-state index in [2.05, 4.69) is 0 Å². The van der Waals surface area contributed by atoms with E-state index in [-0.39, 0.29) is 17.6 Å². The average molecular weight is 357 g/mol. The topological polar surface area (TPSA) is 80.5 Å². The van der Waals surface area contributed by atoms with E-state index < -0.39 is 15.4 Å². The van der Waals surface area contributed by atoms with E-state index in [9.17, 15) is 13.2 Å². The predicted octanol–water partition coefficient (Wildman–Crippen LogP) is 1.90. The Balaban J connectivity index is 1.75. The molecule has 0 spiro atoms. The summed E-state index contributed by atoms with van der Waals surface area (Å²) in [6, 6.07) is 7.49. The van der Waals surface area contributed by atoms with Gasteiger partial charge in [0.05, 0.1) is 11.2 Å². The van der Waals surface area contributed by atoms with Crippen LogP contribution in [0.4, 0.5) is 0 Å². The molecule has 1 saturated carbocycles. The van der Waals surface area contributed by atoms with Crippen molar-refractivity contribution >= 4 is 27.5 Å². The molecule has 1 heterocycles. The molecule has 23 heavy (non-hydrogen) atoms. The number of rotatable bonds is 4. The fourth-order valence-electron chi connectivity index (χ4n) is 3.71. The highest BCUT2D eigenvalue weighted by Crippen LogP contribution is 2.46. The third kappa shape index (κ3) is 3.39. The quantitative estimate of drug-likeness (QED) is 0.894. The van der Waals surface area contributed by atoms with Crippen LogP contribution in [0.5, 0.6) is 0 Å². The molecular formula is C16H21ClN2O3S. The smallest absolute Gasteiger partial charge is 0.233 e. The maximum absolute atomic E-state index is 13.1. The van der Waals surface area contributed by atoms with Crippen molar-refractivity contribution in [3.05, 3.63) is 34.9 Å². The number of carbonyl (C=O) groups is 1. The Morgan fingerprint density at radius 3 is 2.48 bits per heavy atom. The minimum Gasteiger partial charge on any atom is -0.342 e. The van der Waals surface area contributed by atoms with Crippen LogP contribution in [0.1, 0.15) is 31.2 Å². The van der Waals surface area contributed by atoms with E-state index in [0.29, 0.717) is 24.5 Å². The van der Waals surface area contributed by atoms with Gasteiger partial charge in [0, 0.05) is 18.1 Å². The van der Waals surface area contributed by atoms with Crippen molar-refractivity contribution in [1.29, 1.82) is 0 Å². The molecule has 1 aliphatic carbocycles. The monoisotopic (exact) mass is 356 g/mol. The van der Waals surface area contributed by atoms with E-state index in [1.54, 1.807) is 0 Å². The molecule has 5 nitrogen and oxygen atoms in total. The molecule has 3 rings (SSSR count). The van der Waals surface area contributed by atoms with E-state index in [1.807, 2.05) is 29.2 Å². The third-order valence-corrected chi connectivity index (χ3v) is 6.24. The van der Waals surface area contributed by atoms with Gasteiger partial charge in [-0.25, -0.2) is 13.6 Å². The number of carbonyl (C=O) groups excluding carboxylic acids is 1. The number of primary sulfonamides is 1. The first-order valence-electron chi connectivity index (χ1n) is 7.86. The third-order valence-electron chi connectivity index (χ3n) is 5.05. The van der Waals surface area contributed by atoms with Crippen LogP contribution in [-0.4, -0.2) is 38.1 Å². The van der Waals surface area contributed by atoms with Crippen LogP contribution in [-0.2, 0) is 20.2 Å². The fraction of sp³-hybridized carbons (Fsp3) is 0.562. The van der Waals surface area contributed by atoms with E-state index in [1.165, 1.54) is 0 Å². The summed E-state index contributed by atoms with van der Waals surface area (Å²) in [6.07, 6.45) is 3.40. The Labute approximate surface area is 141 Å². The van der Waals surface area contributed by atoms with Crippen molar-refractivity contribution in [2.24, 2.45) is 11.1 Å². The van der Waals surface area contributed by atoms with E-state index in [0.717, 1.165) is 24.8 Å². The second-order valence-corrected chi connectivity index (χ2v) is 8.77. The van der Waals surface area contributed by atoms with Gasteiger partial charge >= 0.3 is 0 Å². The van der Waals surface area contributed by atoms with Crippen LogP contribution in [0.15, 0.2) is 24.3 Å². The number of amides is 1. The lowest BCUT2D eigenvalue weighted by atomic mass is 9.63. The Bertz CT molecular complexity index is 699. The highest BCUT2D eigenvalue weighted by Gasteiger charge is 2.48. The Hall–Kier alpha value is -1.11. The minimum atomic E-state index is -3.49. The van der Waals surface area contributed by atoms with Crippen molar-refractivity contribution in [2.45, 2.75) is 31.1 Å².